The van der Waals surface area contributed by atoms with E-state index in [4.69, 9.17) is 4.74 Å². The zero-order valence-electron chi connectivity index (χ0n) is 15.7. The van der Waals surface area contributed by atoms with E-state index in [1.807, 2.05) is 0 Å². The predicted octanol–water partition coefficient (Wildman–Crippen LogP) is 2.39. The minimum atomic E-state index is -1.09. The molecule has 0 radical (unpaired) electrons. The Labute approximate surface area is 168 Å². The number of nitro benzene ring substituents is 2. The van der Waals surface area contributed by atoms with Gasteiger partial charge in [-0.2, -0.15) is 0 Å². The Kier molecular flexibility index (Phi) is 6.75. The van der Waals surface area contributed by atoms with E-state index in [-0.39, 0.29) is 22.5 Å². The van der Waals surface area contributed by atoms with E-state index < -0.39 is 40.0 Å². The van der Waals surface area contributed by atoms with Gasteiger partial charge < -0.3 is 14.8 Å². The van der Waals surface area contributed by atoms with Crippen LogP contribution in [0.3, 0.4) is 0 Å². The minimum absolute atomic E-state index is 0.122. The van der Waals surface area contributed by atoms with Crippen LogP contribution in [0, 0.1) is 27.2 Å². The van der Waals surface area contributed by atoms with Crippen molar-refractivity contribution in [3.8, 4) is 0 Å². The molecule has 0 bridgehead atoms. The number of aryl methyl sites for hydroxylation is 1. The highest BCUT2D eigenvalue weighted by atomic mass is 16.6. The molecule has 0 aliphatic rings. The van der Waals surface area contributed by atoms with Crippen LogP contribution in [-0.2, 0) is 14.3 Å². The number of nitrogens with one attached hydrogen (secondary N) is 1. The predicted molar refractivity (Wildman–Crippen MR) is 101 cm³/mol. The summed E-state index contributed by atoms with van der Waals surface area (Å²) in [6.07, 6.45) is 0. The third-order valence-electron chi connectivity index (χ3n) is 3.81. The van der Waals surface area contributed by atoms with E-state index in [1.54, 1.807) is 0 Å². The molecule has 1 N–H and O–H groups in total. The van der Waals surface area contributed by atoms with Gasteiger partial charge in [-0.15, -0.1) is 0 Å². The first kappa shape index (κ1) is 21.9. The van der Waals surface area contributed by atoms with Crippen molar-refractivity contribution in [2.45, 2.75) is 6.92 Å². The fourth-order valence-electron chi connectivity index (χ4n) is 2.37. The van der Waals surface area contributed by atoms with E-state index in [2.05, 4.69) is 10.1 Å². The summed E-state index contributed by atoms with van der Waals surface area (Å²) >= 11 is 0. The van der Waals surface area contributed by atoms with Crippen molar-refractivity contribution in [2.75, 3.05) is 19.0 Å². The molecule has 0 aliphatic carbocycles. The third kappa shape index (κ3) is 5.34. The van der Waals surface area contributed by atoms with Crippen molar-refractivity contribution in [1.29, 1.82) is 0 Å². The molecular formula is C18H15N3O9. The van der Waals surface area contributed by atoms with Gasteiger partial charge >= 0.3 is 11.9 Å². The van der Waals surface area contributed by atoms with Gasteiger partial charge in [-0.3, -0.25) is 25.0 Å². The molecule has 0 aliphatic heterocycles. The number of amides is 1. The van der Waals surface area contributed by atoms with Crippen molar-refractivity contribution in [1.82, 2.24) is 0 Å². The van der Waals surface area contributed by atoms with Crippen molar-refractivity contribution in [3.05, 3.63) is 73.3 Å². The van der Waals surface area contributed by atoms with Crippen molar-refractivity contribution < 1.29 is 33.7 Å². The molecule has 0 atom stereocenters. The second-order valence-electron chi connectivity index (χ2n) is 5.90. The SMILES string of the molecule is COC(=O)c1cc(C(=O)OCC(=O)Nc2ccc(C)c([N+](=O)[O-])c2)cc([N+](=O)[O-])c1. The van der Waals surface area contributed by atoms with Crippen LogP contribution in [0.5, 0.6) is 0 Å². The lowest BCUT2D eigenvalue weighted by atomic mass is 10.1. The molecule has 0 heterocycles. The van der Waals surface area contributed by atoms with Gasteiger partial charge in [-0.05, 0) is 19.1 Å². The summed E-state index contributed by atoms with van der Waals surface area (Å²) < 4.78 is 9.29. The Morgan fingerprint density at radius 2 is 1.60 bits per heavy atom. The standard InChI is InChI=1S/C18H15N3O9/c1-10-3-4-13(8-15(10)21(27)28)19-16(22)9-30-18(24)12-5-11(17(23)29-2)6-14(7-12)20(25)26/h3-8H,9H2,1-2H3,(H,19,22). The summed E-state index contributed by atoms with van der Waals surface area (Å²) in [5.41, 5.74) is -0.787. The molecule has 2 aromatic carbocycles. The molecule has 1 amide bonds. The van der Waals surface area contributed by atoms with Crippen LogP contribution in [0.1, 0.15) is 26.3 Å². The van der Waals surface area contributed by atoms with Crippen molar-refractivity contribution >= 4 is 34.9 Å². The van der Waals surface area contributed by atoms with Gasteiger partial charge in [0.1, 0.15) is 0 Å². The average Bonchev–Trinajstić information content (AvgIpc) is 2.72. The summed E-state index contributed by atoms with van der Waals surface area (Å²) in [5.74, 6) is -2.78. The number of carbonyl (C=O) groups is 3. The molecule has 0 saturated carbocycles. The molecule has 0 saturated heterocycles. The first-order valence-corrected chi connectivity index (χ1v) is 8.22. The topological polar surface area (TPSA) is 168 Å². The average molecular weight is 417 g/mol. The largest absolute Gasteiger partial charge is 0.465 e. The fourth-order valence-corrected chi connectivity index (χ4v) is 2.37. The molecule has 0 spiro atoms. The molecule has 156 valence electrons. The molecule has 0 fully saturated rings. The summed E-state index contributed by atoms with van der Waals surface area (Å²) in [4.78, 5) is 56.3. The van der Waals surface area contributed by atoms with Crippen molar-refractivity contribution in [2.24, 2.45) is 0 Å². The lowest BCUT2D eigenvalue weighted by Crippen LogP contribution is -2.21. The maximum Gasteiger partial charge on any atom is 0.338 e. The normalized spacial score (nSPS) is 10.1. The minimum Gasteiger partial charge on any atom is -0.465 e. The molecule has 12 nitrogen and oxygen atoms in total. The van der Waals surface area contributed by atoms with E-state index in [1.165, 1.54) is 19.1 Å². The van der Waals surface area contributed by atoms with E-state index in [0.717, 1.165) is 31.4 Å². The lowest BCUT2D eigenvalue weighted by molar-refractivity contribution is -0.385. The highest BCUT2D eigenvalue weighted by Gasteiger charge is 2.20. The molecule has 0 aromatic heterocycles. The van der Waals surface area contributed by atoms with Gasteiger partial charge in [-0.25, -0.2) is 9.59 Å². The number of hydrogen-bond acceptors (Lipinski definition) is 9. The van der Waals surface area contributed by atoms with E-state index >= 15 is 0 Å². The van der Waals surface area contributed by atoms with E-state index in [9.17, 15) is 34.6 Å². The van der Waals surface area contributed by atoms with Crippen LogP contribution in [0.2, 0.25) is 0 Å². The van der Waals surface area contributed by atoms with Crippen LogP contribution in [0.25, 0.3) is 0 Å². The van der Waals surface area contributed by atoms with Gasteiger partial charge in [0, 0.05) is 29.4 Å². The Morgan fingerprint density at radius 3 is 2.17 bits per heavy atom. The number of benzene rings is 2. The van der Waals surface area contributed by atoms with Crippen molar-refractivity contribution in [3.63, 3.8) is 0 Å². The third-order valence-corrected chi connectivity index (χ3v) is 3.81. The smallest absolute Gasteiger partial charge is 0.338 e. The number of esters is 2. The summed E-state index contributed by atoms with van der Waals surface area (Å²) in [6, 6.07) is 6.87. The number of anilines is 1. The second-order valence-corrected chi connectivity index (χ2v) is 5.90. The Balaban J connectivity index is 2.10. The zero-order chi connectivity index (χ0) is 22.4. The number of methoxy groups -OCH3 is 1. The van der Waals surface area contributed by atoms with Crippen LogP contribution >= 0.6 is 0 Å². The van der Waals surface area contributed by atoms with Gasteiger partial charge in [-0.1, -0.05) is 6.07 Å². The molecule has 30 heavy (non-hydrogen) atoms. The van der Waals surface area contributed by atoms with Crippen LogP contribution < -0.4 is 5.32 Å². The van der Waals surface area contributed by atoms with Gasteiger partial charge in [0.15, 0.2) is 6.61 Å². The number of nitro groups is 2. The zero-order valence-corrected chi connectivity index (χ0v) is 15.7. The fraction of sp³-hybridized carbons (Fsp3) is 0.167. The Morgan fingerprint density at radius 1 is 0.967 bits per heavy atom. The quantitative estimate of drug-likeness (QED) is 0.404. The van der Waals surface area contributed by atoms with Crippen LogP contribution in [0.4, 0.5) is 17.1 Å². The summed E-state index contributed by atoms with van der Waals surface area (Å²) in [5, 5.41) is 24.3. The molecule has 12 heteroatoms. The van der Waals surface area contributed by atoms with Gasteiger partial charge in [0.05, 0.1) is 28.1 Å². The van der Waals surface area contributed by atoms with Crippen LogP contribution in [0.15, 0.2) is 36.4 Å². The first-order valence-electron chi connectivity index (χ1n) is 8.22. The highest BCUT2D eigenvalue weighted by molar-refractivity contribution is 5.98. The Hall–Kier alpha value is -4.35. The number of ether oxygens (including phenoxy) is 2. The van der Waals surface area contributed by atoms with Gasteiger partial charge in [0.2, 0.25) is 0 Å². The lowest BCUT2D eigenvalue weighted by Gasteiger charge is -2.08. The number of carbonyl (C=O) groups excluding carboxylic acids is 3. The number of nitrogens with zero attached hydrogens (tertiary/aromatic N) is 2. The molecule has 2 rings (SSSR count). The Bertz CT molecular complexity index is 1050. The first-order chi connectivity index (χ1) is 14.1. The molecule has 0 unspecified atom stereocenters. The molecular weight excluding hydrogens is 402 g/mol. The number of hydrogen-bond donors (Lipinski definition) is 1. The molecule has 2 aromatic rings. The van der Waals surface area contributed by atoms with Crippen LogP contribution in [-0.4, -0.2) is 41.4 Å². The van der Waals surface area contributed by atoms with E-state index in [0.29, 0.717) is 5.56 Å². The number of rotatable bonds is 7. The summed E-state index contributed by atoms with van der Waals surface area (Å²) in [7, 11) is 1.07. The highest BCUT2D eigenvalue weighted by Crippen LogP contribution is 2.22. The summed E-state index contributed by atoms with van der Waals surface area (Å²) in [6.45, 7) is 0.768. The number of non-ortho nitro benzene ring substituents is 1. The second kappa shape index (κ2) is 9.23. The maximum absolute atomic E-state index is 12.2. The maximum atomic E-state index is 12.2. The van der Waals surface area contributed by atoms with Gasteiger partial charge in [0.25, 0.3) is 17.3 Å². The monoisotopic (exact) mass is 417 g/mol.